The number of aryl methyl sites for hydroxylation is 3. The van der Waals surface area contributed by atoms with E-state index in [2.05, 4.69) is 84.8 Å². The summed E-state index contributed by atoms with van der Waals surface area (Å²) in [5, 5.41) is 4.44. The molecule has 1 fully saturated rings. The number of imidazole rings is 2. The summed E-state index contributed by atoms with van der Waals surface area (Å²) in [5.74, 6) is 0.972. The van der Waals surface area contributed by atoms with Crippen LogP contribution in [0.1, 0.15) is 32.2 Å². The zero-order chi connectivity index (χ0) is 29.2. The highest BCUT2D eigenvalue weighted by Crippen LogP contribution is 2.37. The molecule has 5 aromatic rings. The lowest BCUT2D eigenvalue weighted by Crippen LogP contribution is -2.36. The Hall–Kier alpha value is -3.89. The van der Waals surface area contributed by atoms with E-state index >= 15 is 0 Å². The summed E-state index contributed by atoms with van der Waals surface area (Å²) < 4.78 is 13.3. The molecule has 0 atom stereocenters. The van der Waals surface area contributed by atoms with Crippen molar-refractivity contribution in [3.63, 3.8) is 0 Å². The number of fused-ring (bicyclic) bond motifs is 2. The van der Waals surface area contributed by atoms with Gasteiger partial charge in [0, 0.05) is 58.0 Å². The normalized spacial score (nSPS) is 14.7. The average molecular weight is 557 g/mol. The molecule has 0 saturated carbocycles. The summed E-state index contributed by atoms with van der Waals surface area (Å²) in [4.78, 5) is 22.9. The van der Waals surface area contributed by atoms with Crippen LogP contribution in [-0.2, 0) is 37.8 Å². The maximum atomic E-state index is 13.1. The van der Waals surface area contributed by atoms with Gasteiger partial charge in [0.15, 0.2) is 0 Å². The second-order valence-electron chi connectivity index (χ2n) is 12.5. The summed E-state index contributed by atoms with van der Waals surface area (Å²) in [7, 11) is 9.83. The Labute approximate surface area is 240 Å². The first-order valence-electron chi connectivity index (χ1n) is 14.2. The van der Waals surface area contributed by atoms with Crippen LogP contribution >= 0.6 is 0 Å². The molecule has 216 valence electrons. The highest BCUT2D eigenvalue weighted by atomic mass is 16.5. The molecule has 0 N–H and O–H groups in total. The number of nitrogens with zero attached hydrogens (tertiary/aromatic N) is 8. The fraction of sp³-hybridized carbons (Fsp3) is 0.452. The van der Waals surface area contributed by atoms with Crippen LogP contribution < -0.4 is 10.6 Å². The quantitative estimate of drug-likeness (QED) is 0.328. The third kappa shape index (κ3) is 4.64. The predicted octanol–water partition coefficient (Wildman–Crippen LogP) is 3.81. The molecule has 1 saturated heterocycles. The molecule has 1 aliphatic rings. The molecular formula is C31H40N8O2. The van der Waals surface area contributed by atoms with Crippen molar-refractivity contribution in [2.24, 2.45) is 21.1 Å². The van der Waals surface area contributed by atoms with E-state index in [0.29, 0.717) is 13.2 Å². The van der Waals surface area contributed by atoms with Gasteiger partial charge in [0.2, 0.25) is 0 Å². The number of hydrogen-bond acceptors (Lipinski definition) is 6. The molecule has 0 spiro atoms. The number of rotatable bonds is 5. The minimum atomic E-state index is -0.230. The van der Waals surface area contributed by atoms with Crippen LogP contribution in [0.3, 0.4) is 0 Å². The number of ether oxygens (including phenoxy) is 1. The molecule has 4 heterocycles. The van der Waals surface area contributed by atoms with Crippen molar-refractivity contribution in [3.05, 3.63) is 58.5 Å². The van der Waals surface area contributed by atoms with E-state index in [4.69, 9.17) is 9.72 Å². The van der Waals surface area contributed by atoms with E-state index in [1.165, 1.54) is 5.56 Å². The minimum absolute atomic E-state index is 0.0347. The van der Waals surface area contributed by atoms with Crippen LogP contribution in [-0.4, -0.2) is 73.8 Å². The first-order valence-corrected chi connectivity index (χ1v) is 14.2. The lowest BCUT2D eigenvalue weighted by Gasteiger charge is -2.30. The topological polar surface area (TPSA) is 78.3 Å². The highest BCUT2D eigenvalue weighted by molar-refractivity contribution is 5.93. The molecule has 0 amide bonds. The molecule has 0 unspecified atom stereocenters. The van der Waals surface area contributed by atoms with Gasteiger partial charge in [-0.15, -0.1) is 0 Å². The fourth-order valence-corrected chi connectivity index (χ4v) is 6.02. The second-order valence-corrected chi connectivity index (χ2v) is 12.5. The Balaban J connectivity index is 1.68. The first-order chi connectivity index (χ1) is 19.4. The lowest BCUT2D eigenvalue weighted by molar-refractivity contribution is 0.123. The maximum absolute atomic E-state index is 13.1. The van der Waals surface area contributed by atoms with Crippen LogP contribution in [0.4, 0.5) is 5.69 Å². The van der Waals surface area contributed by atoms with Gasteiger partial charge in [0.25, 0.3) is 0 Å². The van der Waals surface area contributed by atoms with Crippen LogP contribution in [0.25, 0.3) is 38.9 Å². The summed E-state index contributed by atoms with van der Waals surface area (Å²) in [6.45, 7) is 10.3. The average Bonchev–Trinajstić information content (AvgIpc) is 3.59. The van der Waals surface area contributed by atoms with E-state index < -0.39 is 0 Å². The predicted molar refractivity (Wildman–Crippen MR) is 164 cm³/mol. The third-order valence-electron chi connectivity index (χ3n) is 7.99. The number of benzene rings is 2. The zero-order valence-electron chi connectivity index (χ0n) is 25.4. The molecule has 3 aromatic heterocycles. The molecular weight excluding hydrogens is 516 g/mol. The Morgan fingerprint density at radius 2 is 1.71 bits per heavy atom. The molecule has 1 aliphatic heterocycles. The maximum Gasteiger partial charge on any atom is 0.328 e. The number of aromatic nitrogens is 6. The minimum Gasteiger partial charge on any atom is -0.378 e. The van der Waals surface area contributed by atoms with E-state index in [0.717, 1.165) is 70.0 Å². The van der Waals surface area contributed by atoms with E-state index in [-0.39, 0.29) is 11.1 Å². The summed E-state index contributed by atoms with van der Waals surface area (Å²) in [6.07, 6.45) is 3.97. The van der Waals surface area contributed by atoms with Gasteiger partial charge in [-0.1, -0.05) is 20.8 Å². The highest BCUT2D eigenvalue weighted by Gasteiger charge is 2.27. The molecule has 10 nitrogen and oxygen atoms in total. The Morgan fingerprint density at radius 1 is 0.976 bits per heavy atom. The summed E-state index contributed by atoms with van der Waals surface area (Å²) in [6, 6.07) is 8.85. The van der Waals surface area contributed by atoms with Gasteiger partial charge in [0.05, 0.1) is 52.9 Å². The number of hydrogen-bond donors (Lipinski definition) is 0. The molecule has 0 bridgehead atoms. The Kier molecular flexibility index (Phi) is 6.58. The molecule has 0 aliphatic carbocycles. The zero-order valence-corrected chi connectivity index (χ0v) is 25.4. The Bertz CT molecular complexity index is 1820. The fourth-order valence-electron chi connectivity index (χ4n) is 6.02. The number of morpholine rings is 1. The largest absolute Gasteiger partial charge is 0.378 e. The van der Waals surface area contributed by atoms with Gasteiger partial charge >= 0.3 is 5.69 Å². The summed E-state index contributed by atoms with van der Waals surface area (Å²) in [5.41, 5.74) is 9.03. The van der Waals surface area contributed by atoms with Crippen molar-refractivity contribution in [1.29, 1.82) is 0 Å². The summed E-state index contributed by atoms with van der Waals surface area (Å²) >= 11 is 0. The molecule has 2 aromatic carbocycles. The van der Waals surface area contributed by atoms with Gasteiger partial charge in [0.1, 0.15) is 5.82 Å². The van der Waals surface area contributed by atoms with Crippen molar-refractivity contribution in [2.75, 3.05) is 45.3 Å². The molecule has 6 rings (SSSR count). The van der Waals surface area contributed by atoms with Crippen LogP contribution in [0, 0.1) is 0 Å². The lowest BCUT2D eigenvalue weighted by atomic mass is 9.95. The molecule has 10 heteroatoms. The van der Waals surface area contributed by atoms with Crippen LogP contribution in [0.15, 0.2) is 41.5 Å². The van der Waals surface area contributed by atoms with Gasteiger partial charge < -0.3 is 14.5 Å². The number of anilines is 1. The van der Waals surface area contributed by atoms with Crippen molar-refractivity contribution in [2.45, 2.75) is 32.7 Å². The molecule has 0 radical (unpaired) electrons. The first kappa shape index (κ1) is 27.3. The van der Waals surface area contributed by atoms with E-state index in [1.54, 1.807) is 9.13 Å². The van der Waals surface area contributed by atoms with Crippen LogP contribution in [0.2, 0.25) is 0 Å². The van der Waals surface area contributed by atoms with Crippen molar-refractivity contribution in [3.8, 4) is 16.8 Å². The molecule has 41 heavy (non-hydrogen) atoms. The third-order valence-corrected chi connectivity index (χ3v) is 7.99. The smallest absolute Gasteiger partial charge is 0.328 e. The second kappa shape index (κ2) is 9.88. The van der Waals surface area contributed by atoms with Gasteiger partial charge in [-0.3, -0.25) is 18.4 Å². The van der Waals surface area contributed by atoms with E-state index in [1.807, 2.05) is 32.0 Å². The standard InChI is InChI=1S/C31H40N8O2/c1-31(2,3)29-33-24-16-23(21-17-32-35(6)19-21)20(18-34(4)5)13-25(24)39(29)22-14-26-28(37(8)30(40)36(26)7)27(15-22)38-9-11-41-12-10-38/h13-17,19H,9-12,18H2,1-8H3. The van der Waals surface area contributed by atoms with Gasteiger partial charge in [-0.2, -0.15) is 5.10 Å². The van der Waals surface area contributed by atoms with Gasteiger partial charge in [-0.05, 0) is 49.5 Å². The van der Waals surface area contributed by atoms with Crippen molar-refractivity contribution >= 4 is 27.8 Å². The van der Waals surface area contributed by atoms with Gasteiger partial charge in [-0.25, -0.2) is 9.78 Å². The van der Waals surface area contributed by atoms with Crippen molar-refractivity contribution in [1.82, 2.24) is 33.4 Å². The van der Waals surface area contributed by atoms with Crippen LogP contribution in [0.5, 0.6) is 0 Å². The monoisotopic (exact) mass is 556 g/mol. The Morgan fingerprint density at radius 3 is 2.34 bits per heavy atom. The van der Waals surface area contributed by atoms with E-state index in [9.17, 15) is 4.79 Å². The van der Waals surface area contributed by atoms with Crippen molar-refractivity contribution < 1.29 is 4.74 Å². The SMILES string of the molecule is CN(C)Cc1cc2c(cc1-c1cnn(C)c1)nc(C(C)(C)C)n2-c1cc(N2CCOCC2)c2c(c1)n(C)c(=O)n2C.